The number of methoxy groups -OCH3 is 3. The van der Waals surface area contributed by atoms with E-state index < -0.39 is 30.4 Å². The largest absolute Gasteiger partial charge is 0.493 e. The van der Waals surface area contributed by atoms with E-state index in [0.29, 0.717) is 66.3 Å². The van der Waals surface area contributed by atoms with Crippen LogP contribution in [0, 0.1) is 11.3 Å². The molecule has 3 aromatic carbocycles. The average molecular weight is 1000 g/mol. The summed E-state index contributed by atoms with van der Waals surface area (Å²) >= 11 is 0. The Kier molecular flexibility index (Phi) is 14.7. The maximum absolute atomic E-state index is 14.3. The number of aliphatic hydroxyl groups excluding tert-OH is 1. The molecule has 0 bridgehead atoms. The molecule has 1 saturated heterocycles. The van der Waals surface area contributed by atoms with Crippen molar-refractivity contribution < 1.29 is 57.5 Å². The third-order valence-electron chi connectivity index (χ3n) is 14.8. The third-order valence-corrected chi connectivity index (χ3v) is 14.8. The van der Waals surface area contributed by atoms with Crippen molar-refractivity contribution in [3.8, 4) is 28.9 Å². The molecular weight excluding hydrogens is 937 g/mol. The number of nitrogens with two attached hydrogens (primary N) is 1. The number of pyridine rings is 1. The van der Waals surface area contributed by atoms with Crippen molar-refractivity contribution in [2.45, 2.75) is 109 Å². The second-order valence-corrected chi connectivity index (χ2v) is 20.1. The van der Waals surface area contributed by atoms with Crippen LogP contribution in [0.5, 0.6) is 28.9 Å². The summed E-state index contributed by atoms with van der Waals surface area (Å²) in [5.74, 6) is 0.882. The maximum atomic E-state index is 14.3. The first-order chi connectivity index (χ1) is 35.1. The fraction of sp³-hybridized carbons (Fsp3) is 0.455. The van der Waals surface area contributed by atoms with Crippen molar-refractivity contribution in [2.24, 2.45) is 17.1 Å². The molecule has 1 aliphatic carbocycles. The van der Waals surface area contributed by atoms with E-state index in [1.165, 1.54) is 20.3 Å². The van der Waals surface area contributed by atoms with Crippen LogP contribution in [0.1, 0.15) is 102 Å². The van der Waals surface area contributed by atoms with Crippen molar-refractivity contribution in [2.75, 3.05) is 46.0 Å². The molecule has 18 heteroatoms. The zero-order valence-corrected chi connectivity index (χ0v) is 42.2. The number of aromatic nitrogens is 1. The third kappa shape index (κ3) is 10.5. The van der Waals surface area contributed by atoms with Gasteiger partial charge in [0.1, 0.15) is 6.61 Å². The Labute approximate surface area is 424 Å². The average Bonchev–Trinajstić information content (AvgIpc) is 3.90. The molecule has 1 saturated carbocycles. The molecule has 5 atom stereocenters. The summed E-state index contributed by atoms with van der Waals surface area (Å²) in [4.78, 5) is 76.9. The number of aliphatic hydroxyl groups is 1. The molecule has 4 aliphatic heterocycles. The number of nitrogens with one attached hydrogen (secondary N) is 1. The summed E-state index contributed by atoms with van der Waals surface area (Å²) in [7, 11) is 4.58. The van der Waals surface area contributed by atoms with E-state index in [9.17, 15) is 29.1 Å². The van der Waals surface area contributed by atoms with Gasteiger partial charge in [-0.25, -0.2) is 14.7 Å². The lowest BCUT2D eigenvalue weighted by atomic mass is 9.98. The van der Waals surface area contributed by atoms with Crippen molar-refractivity contribution in [1.82, 2.24) is 20.1 Å². The number of aryl methyl sites for hydroxylation is 1. The van der Waals surface area contributed by atoms with Crippen LogP contribution >= 0.6 is 0 Å². The number of ketones is 1. The molecule has 5 aliphatic rings. The van der Waals surface area contributed by atoms with Crippen LogP contribution in [0.15, 0.2) is 73.1 Å². The van der Waals surface area contributed by atoms with E-state index in [0.717, 1.165) is 40.9 Å². The van der Waals surface area contributed by atoms with Crippen LogP contribution in [0.25, 0.3) is 5.57 Å². The van der Waals surface area contributed by atoms with Crippen LogP contribution in [0.3, 0.4) is 0 Å². The van der Waals surface area contributed by atoms with Gasteiger partial charge in [-0.1, -0.05) is 38.1 Å². The standard InChI is InChI=1S/C55H64N6O12/c1-31(2)49(56)50(63)58-32(3)43(62)20-33-8-10-34(11-9-33)29-73-54(67)61-41-25-47(45(69-5)24-40(41)52(65)60-30-55(16-17-55)26-42(60)53(61)66)72-19-7-18-71-46-22-35-12-14-38-21-37(36-13-15-48(70-6)57-27-36)28-59(38)51(64)39(35)23-44(46)68-4/h8-11,13,15,22-25,27-28,31-32,38,42,49,53,66H,7,12,14,16-21,26,29-30,56H2,1-6H3,(H,58,63)/t32-,38+,42-,49-,53?/m0/s1. The number of carbonyl (C=O) groups excluding carboxylic acids is 5. The number of Topliss-reactive ketones (excluding diaryl/α,β-unsaturated/α-hetero) is 1. The highest BCUT2D eigenvalue weighted by Crippen LogP contribution is 2.57. The summed E-state index contributed by atoms with van der Waals surface area (Å²) in [6, 6.07) is 15.3. The number of benzene rings is 3. The van der Waals surface area contributed by atoms with Crippen LogP contribution in [-0.4, -0.2) is 121 Å². The summed E-state index contributed by atoms with van der Waals surface area (Å²) in [5, 5.41) is 14.7. The van der Waals surface area contributed by atoms with Gasteiger partial charge in [-0.05, 0) is 109 Å². The number of hydrogen-bond acceptors (Lipinski definition) is 14. The summed E-state index contributed by atoms with van der Waals surface area (Å²) in [6.07, 6.45) is 6.42. The molecule has 18 nitrogen and oxygen atoms in total. The molecule has 2 fully saturated rings. The minimum Gasteiger partial charge on any atom is -0.493 e. The normalized spacial score (nSPS) is 20.2. The number of nitrogens with zero attached hydrogens (tertiary/aromatic N) is 4. The number of anilines is 1. The molecule has 4 amide bonds. The molecule has 1 unspecified atom stereocenters. The zero-order chi connectivity index (χ0) is 51.7. The second kappa shape index (κ2) is 21.1. The van der Waals surface area contributed by atoms with Crippen molar-refractivity contribution in [3.63, 3.8) is 0 Å². The van der Waals surface area contributed by atoms with Gasteiger partial charge >= 0.3 is 6.09 Å². The van der Waals surface area contributed by atoms with Gasteiger partial charge in [0.2, 0.25) is 11.8 Å². The molecule has 1 spiro atoms. The highest BCUT2D eigenvalue weighted by atomic mass is 16.6. The highest BCUT2D eigenvalue weighted by molar-refractivity contribution is 6.06. The lowest BCUT2D eigenvalue weighted by molar-refractivity contribution is -0.128. The highest BCUT2D eigenvalue weighted by Gasteiger charge is 2.58. The second-order valence-electron chi connectivity index (χ2n) is 20.1. The Morgan fingerprint density at radius 3 is 2.19 bits per heavy atom. The lowest BCUT2D eigenvalue weighted by Crippen LogP contribution is -2.50. The van der Waals surface area contributed by atoms with Crippen molar-refractivity contribution in [3.05, 3.63) is 106 Å². The minimum absolute atomic E-state index is 0.00333. The van der Waals surface area contributed by atoms with Gasteiger partial charge < -0.3 is 54.4 Å². The van der Waals surface area contributed by atoms with Crippen LogP contribution in [0.4, 0.5) is 10.5 Å². The Morgan fingerprint density at radius 2 is 1.55 bits per heavy atom. The van der Waals surface area contributed by atoms with Gasteiger partial charge in [0.25, 0.3) is 11.8 Å². The monoisotopic (exact) mass is 1000 g/mol. The van der Waals surface area contributed by atoms with Gasteiger partial charge in [-0.3, -0.25) is 19.2 Å². The molecule has 386 valence electrons. The number of ether oxygens (including phenoxy) is 6. The predicted molar refractivity (Wildman–Crippen MR) is 269 cm³/mol. The fourth-order valence-corrected chi connectivity index (χ4v) is 10.2. The van der Waals surface area contributed by atoms with E-state index in [1.54, 1.807) is 61.5 Å². The molecule has 4 N–H and O–H groups in total. The van der Waals surface area contributed by atoms with E-state index in [4.69, 9.17) is 34.2 Å². The molecule has 9 rings (SSSR count). The Balaban J connectivity index is 0.856. The predicted octanol–water partition coefficient (Wildman–Crippen LogP) is 6.23. The molecule has 73 heavy (non-hydrogen) atoms. The Morgan fingerprint density at radius 1 is 0.863 bits per heavy atom. The summed E-state index contributed by atoms with van der Waals surface area (Å²) in [6.45, 7) is 5.97. The fourth-order valence-electron chi connectivity index (χ4n) is 10.2. The molecule has 1 aromatic heterocycles. The van der Waals surface area contributed by atoms with Gasteiger partial charge in [-0.2, -0.15) is 0 Å². The number of fused-ring (bicyclic) bond motifs is 4. The van der Waals surface area contributed by atoms with Gasteiger partial charge in [0.05, 0.1) is 63.9 Å². The van der Waals surface area contributed by atoms with E-state index in [1.807, 2.05) is 43.1 Å². The van der Waals surface area contributed by atoms with Crippen LogP contribution < -0.4 is 39.6 Å². The van der Waals surface area contributed by atoms with Crippen LogP contribution in [0.2, 0.25) is 0 Å². The minimum atomic E-state index is -1.42. The molecule has 4 aromatic rings. The molecule has 5 heterocycles. The maximum Gasteiger partial charge on any atom is 0.416 e. The van der Waals surface area contributed by atoms with Gasteiger partial charge in [0, 0.05) is 55.5 Å². The van der Waals surface area contributed by atoms with E-state index in [2.05, 4.69) is 10.3 Å². The van der Waals surface area contributed by atoms with Gasteiger partial charge in [-0.15, -0.1) is 0 Å². The first-order valence-electron chi connectivity index (χ1n) is 24.9. The van der Waals surface area contributed by atoms with Gasteiger partial charge in [0.15, 0.2) is 35.0 Å². The summed E-state index contributed by atoms with van der Waals surface area (Å²) in [5.41, 5.74) is 10.9. The first-order valence-corrected chi connectivity index (χ1v) is 24.9. The van der Waals surface area contributed by atoms with E-state index >= 15 is 0 Å². The Bertz CT molecular complexity index is 2790. The Hall–Kier alpha value is -7.18. The topological polar surface area (TPSA) is 222 Å². The number of carbonyl (C=O) groups is 5. The first kappa shape index (κ1) is 50.7. The number of hydrogen-bond donors (Lipinski definition) is 3. The van der Waals surface area contributed by atoms with E-state index in [-0.39, 0.29) is 89.9 Å². The number of amides is 4. The SMILES string of the molecule is COc1ccc(C2=CN3C(=O)c4cc(OC)c(OCCCOc5cc6c(cc5OC)C(=O)N5CC7(CC7)C[C@H]5C(O)N6C(=O)OCc5ccc(CC(=O)[C@H](C)NC(=O)[C@@H](N)C(C)C)cc5)cc4CC[C@@H]3C2)cn1. The quantitative estimate of drug-likeness (QED) is 0.0942. The smallest absolute Gasteiger partial charge is 0.416 e. The molecular formula is C55H64N6O12. The van der Waals surface area contributed by atoms with Crippen molar-refractivity contribution >= 4 is 40.9 Å². The number of rotatable bonds is 18. The lowest BCUT2D eigenvalue weighted by Gasteiger charge is -2.31. The molecule has 0 radical (unpaired) electrons. The zero-order valence-electron chi connectivity index (χ0n) is 42.2. The summed E-state index contributed by atoms with van der Waals surface area (Å²) < 4.78 is 35.0. The van der Waals surface area contributed by atoms with Crippen LogP contribution in [-0.2, 0) is 33.8 Å². The van der Waals surface area contributed by atoms with Crippen molar-refractivity contribution in [1.29, 1.82) is 0 Å².